The third kappa shape index (κ3) is 3.48. The zero-order chi connectivity index (χ0) is 13.7. The number of ether oxygens (including phenoxy) is 1. The van der Waals surface area contributed by atoms with Gasteiger partial charge in [0.05, 0.1) is 12.2 Å². The van der Waals surface area contributed by atoms with Crippen molar-refractivity contribution >= 4 is 5.69 Å². The summed E-state index contributed by atoms with van der Waals surface area (Å²) in [5.74, 6) is 0. The maximum absolute atomic E-state index is 10.1. The second-order valence-corrected chi connectivity index (χ2v) is 5.12. The van der Waals surface area contributed by atoms with Crippen molar-refractivity contribution < 1.29 is 9.84 Å². The number of piperidine rings is 1. The van der Waals surface area contributed by atoms with Gasteiger partial charge in [0.25, 0.3) is 0 Å². The molecule has 3 heteroatoms. The topological polar surface area (TPSA) is 32.7 Å². The second kappa shape index (κ2) is 6.92. The predicted octanol–water partition coefficient (Wildman–Crippen LogP) is 3.14. The molecule has 0 saturated carbocycles. The van der Waals surface area contributed by atoms with Crippen molar-refractivity contribution in [2.24, 2.45) is 0 Å². The zero-order valence-electron chi connectivity index (χ0n) is 12.0. The number of para-hydroxylation sites is 1. The molecule has 1 aromatic carbocycles. The van der Waals surface area contributed by atoms with Crippen molar-refractivity contribution in [3.8, 4) is 0 Å². The third-order valence-electron chi connectivity index (χ3n) is 3.87. The highest BCUT2D eigenvalue weighted by Crippen LogP contribution is 2.30. The van der Waals surface area contributed by atoms with E-state index in [-0.39, 0.29) is 6.10 Å². The van der Waals surface area contributed by atoms with Crippen LogP contribution in [0.15, 0.2) is 24.3 Å². The average molecular weight is 263 g/mol. The molecule has 0 aliphatic carbocycles. The van der Waals surface area contributed by atoms with Gasteiger partial charge in [-0.15, -0.1) is 0 Å². The van der Waals surface area contributed by atoms with Gasteiger partial charge in [-0.3, -0.25) is 0 Å². The molecule has 1 fully saturated rings. The van der Waals surface area contributed by atoms with Crippen LogP contribution < -0.4 is 4.90 Å². The summed E-state index contributed by atoms with van der Waals surface area (Å²) in [6.07, 6.45) is 2.95. The van der Waals surface area contributed by atoms with E-state index in [2.05, 4.69) is 24.0 Å². The van der Waals surface area contributed by atoms with Crippen LogP contribution >= 0.6 is 0 Å². The largest absolute Gasteiger partial charge is 0.388 e. The molecule has 0 aromatic heterocycles. The molecular formula is C16H25NO2. The molecule has 19 heavy (non-hydrogen) atoms. The fourth-order valence-electron chi connectivity index (χ4n) is 2.78. The van der Waals surface area contributed by atoms with Crippen molar-refractivity contribution in [1.82, 2.24) is 0 Å². The number of aliphatic hydroxyl groups is 1. The lowest BCUT2D eigenvalue weighted by atomic mass is 10.0. The van der Waals surface area contributed by atoms with Crippen LogP contribution in [0, 0.1) is 0 Å². The normalized spacial score (nSPS) is 18.6. The first-order valence-electron chi connectivity index (χ1n) is 7.39. The molecule has 1 atom stereocenters. The van der Waals surface area contributed by atoms with E-state index in [0.717, 1.165) is 44.5 Å². The van der Waals surface area contributed by atoms with Crippen LogP contribution in [0.4, 0.5) is 5.69 Å². The molecule has 2 rings (SSSR count). The molecule has 1 heterocycles. The summed E-state index contributed by atoms with van der Waals surface area (Å²) in [5, 5.41) is 10.1. The first-order valence-corrected chi connectivity index (χ1v) is 7.39. The Kier molecular flexibility index (Phi) is 5.23. The predicted molar refractivity (Wildman–Crippen MR) is 78.6 cm³/mol. The molecule has 3 nitrogen and oxygen atoms in total. The molecule has 0 spiro atoms. The minimum atomic E-state index is -0.360. The summed E-state index contributed by atoms with van der Waals surface area (Å²) in [5.41, 5.74) is 2.24. The molecule has 0 unspecified atom stereocenters. The number of anilines is 1. The van der Waals surface area contributed by atoms with Crippen molar-refractivity contribution in [1.29, 1.82) is 0 Å². The Morgan fingerprint density at radius 2 is 1.95 bits per heavy atom. The van der Waals surface area contributed by atoms with Gasteiger partial charge in [-0.1, -0.05) is 25.1 Å². The molecule has 0 bridgehead atoms. The number of rotatable bonds is 5. The Bertz CT molecular complexity index is 386. The third-order valence-corrected chi connectivity index (χ3v) is 3.87. The molecule has 1 aliphatic rings. The van der Waals surface area contributed by atoms with Gasteiger partial charge >= 0.3 is 0 Å². The first-order chi connectivity index (χ1) is 9.26. The maximum Gasteiger partial charge on any atom is 0.0807 e. The van der Waals surface area contributed by atoms with Gasteiger partial charge in [0.1, 0.15) is 0 Å². The van der Waals surface area contributed by atoms with E-state index in [4.69, 9.17) is 4.74 Å². The lowest BCUT2D eigenvalue weighted by Crippen LogP contribution is -2.37. The lowest BCUT2D eigenvalue weighted by molar-refractivity contribution is 0.0458. The summed E-state index contributed by atoms with van der Waals surface area (Å²) < 4.78 is 5.69. The molecule has 1 aromatic rings. The SMILES string of the molecule is CCOC1CCN(c2ccccc2[C@H](O)CC)CC1. The van der Waals surface area contributed by atoms with E-state index >= 15 is 0 Å². The highest BCUT2D eigenvalue weighted by atomic mass is 16.5. The van der Waals surface area contributed by atoms with Crippen LogP contribution in [0.1, 0.15) is 44.8 Å². The first kappa shape index (κ1) is 14.4. The Morgan fingerprint density at radius 3 is 2.58 bits per heavy atom. The van der Waals surface area contributed by atoms with Gasteiger partial charge in [-0.05, 0) is 32.3 Å². The van der Waals surface area contributed by atoms with Crippen molar-refractivity contribution in [2.75, 3.05) is 24.6 Å². The molecule has 0 radical (unpaired) electrons. The van der Waals surface area contributed by atoms with Crippen molar-refractivity contribution in [3.63, 3.8) is 0 Å². The molecule has 1 saturated heterocycles. The Labute approximate surface area is 116 Å². The Balaban J connectivity index is 2.07. The van der Waals surface area contributed by atoms with Gasteiger partial charge < -0.3 is 14.7 Å². The van der Waals surface area contributed by atoms with E-state index in [0.29, 0.717) is 6.10 Å². The monoisotopic (exact) mass is 263 g/mol. The number of aliphatic hydroxyl groups excluding tert-OH is 1. The van der Waals surface area contributed by atoms with E-state index in [9.17, 15) is 5.11 Å². The van der Waals surface area contributed by atoms with E-state index < -0.39 is 0 Å². The summed E-state index contributed by atoms with van der Waals surface area (Å²) >= 11 is 0. The van der Waals surface area contributed by atoms with Crippen molar-refractivity contribution in [3.05, 3.63) is 29.8 Å². The highest BCUT2D eigenvalue weighted by molar-refractivity contribution is 5.55. The number of nitrogens with zero attached hydrogens (tertiary/aromatic N) is 1. The number of hydrogen-bond donors (Lipinski definition) is 1. The summed E-state index contributed by atoms with van der Waals surface area (Å²) in [4.78, 5) is 2.38. The average Bonchev–Trinajstić information content (AvgIpc) is 2.47. The fourth-order valence-corrected chi connectivity index (χ4v) is 2.78. The van der Waals surface area contributed by atoms with Gasteiger partial charge in [-0.2, -0.15) is 0 Å². The quantitative estimate of drug-likeness (QED) is 0.886. The van der Waals surface area contributed by atoms with Gasteiger partial charge in [0, 0.05) is 30.9 Å². The van der Waals surface area contributed by atoms with Gasteiger partial charge in [-0.25, -0.2) is 0 Å². The van der Waals surface area contributed by atoms with E-state index in [1.54, 1.807) is 0 Å². The van der Waals surface area contributed by atoms with Crippen LogP contribution in [-0.4, -0.2) is 30.9 Å². The van der Waals surface area contributed by atoms with Crippen LogP contribution in [0.2, 0.25) is 0 Å². The minimum Gasteiger partial charge on any atom is -0.388 e. The molecule has 106 valence electrons. The summed E-state index contributed by atoms with van der Waals surface area (Å²) in [6, 6.07) is 8.22. The molecule has 0 amide bonds. The van der Waals surface area contributed by atoms with Crippen molar-refractivity contribution in [2.45, 2.75) is 45.3 Å². The summed E-state index contributed by atoms with van der Waals surface area (Å²) in [6.45, 7) is 6.90. The van der Waals surface area contributed by atoms with Crippen LogP contribution in [0.25, 0.3) is 0 Å². The Morgan fingerprint density at radius 1 is 1.26 bits per heavy atom. The van der Waals surface area contributed by atoms with Crippen LogP contribution in [0.3, 0.4) is 0 Å². The number of benzene rings is 1. The molecular weight excluding hydrogens is 238 g/mol. The lowest BCUT2D eigenvalue weighted by Gasteiger charge is -2.35. The Hall–Kier alpha value is -1.06. The van der Waals surface area contributed by atoms with E-state index in [1.165, 1.54) is 5.69 Å². The molecule has 1 aliphatic heterocycles. The number of hydrogen-bond acceptors (Lipinski definition) is 3. The standard InChI is InChI=1S/C16H25NO2/c1-3-16(18)14-7-5-6-8-15(14)17-11-9-13(10-12-17)19-4-2/h5-8,13,16,18H,3-4,9-12H2,1-2H3/t16-/m1/s1. The minimum absolute atomic E-state index is 0.360. The van der Waals surface area contributed by atoms with Gasteiger partial charge in [0.15, 0.2) is 0 Å². The van der Waals surface area contributed by atoms with Crippen LogP contribution in [0.5, 0.6) is 0 Å². The van der Waals surface area contributed by atoms with Gasteiger partial charge in [0.2, 0.25) is 0 Å². The maximum atomic E-state index is 10.1. The molecule has 1 N–H and O–H groups in total. The smallest absolute Gasteiger partial charge is 0.0807 e. The van der Waals surface area contributed by atoms with E-state index in [1.807, 2.05) is 19.1 Å². The second-order valence-electron chi connectivity index (χ2n) is 5.12. The fraction of sp³-hybridized carbons (Fsp3) is 0.625. The summed E-state index contributed by atoms with van der Waals surface area (Å²) in [7, 11) is 0. The van der Waals surface area contributed by atoms with Crippen LogP contribution in [-0.2, 0) is 4.74 Å². The zero-order valence-corrected chi connectivity index (χ0v) is 12.0. The highest BCUT2D eigenvalue weighted by Gasteiger charge is 2.22.